The zero-order valence-electron chi connectivity index (χ0n) is 45.2. The van der Waals surface area contributed by atoms with E-state index < -0.39 is 23.5 Å². The molecule has 1 heterocycles. The first-order valence-corrected chi connectivity index (χ1v) is 33.4. The molecule has 0 aliphatic heterocycles. The Balaban J connectivity index is 1.18. The second-order valence-electron chi connectivity index (χ2n) is 24.6. The Morgan fingerprint density at radius 1 is 0.446 bits per heavy atom. The van der Waals surface area contributed by atoms with E-state index in [1.165, 1.54) is 91.6 Å². The van der Waals surface area contributed by atoms with Gasteiger partial charge in [-0.3, -0.25) is 0 Å². The van der Waals surface area contributed by atoms with Crippen molar-refractivity contribution in [2.45, 2.75) is 82.3 Å². The lowest BCUT2D eigenvalue weighted by atomic mass is 9.70. The Bertz CT molecular complexity index is 3640. The van der Waals surface area contributed by atoms with Gasteiger partial charge < -0.3 is 9.80 Å². The van der Waals surface area contributed by atoms with Gasteiger partial charge in [-0.25, -0.2) is 10.0 Å². The highest BCUT2D eigenvalue weighted by atomic mass is 32.3. The van der Waals surface area contributed by atoms with Crippen LogP contribution in [0.4, 0.5) is 34.1 Å². The molecule has 74 heavy (non-hydrogen) atoms. The summed E-state index contributed by atoms with van der Waals surface area (Å²) in [6, 6.07) is 75.3. The highest BCUT2D eigenvalue weighted by Gasteiger charge is 2.53. The Kier molecular flexibility index (Phi) is 11.2. The van der Waals surface area contributed by atoms with Crippen LogP contribution < -0.4 is 15.0 Å². The van der Waals surface area contributed by atoms with E-state index in [9.17, 15) is 0 Å². The van der Waals surface area contributed by atoms with Gasteiger partial charge in [0.2, 0.25) is 0 Å². The summed E-state index contributed by atoms with van der Waals surface area (Å²) in [5, 5.41) is 4.04. The number of rotatable bonds is 8. The fourth-order valence-electron chi connectivity index (χ4n) is 12.0. The van der Waals surface area contributed by atoms with Gasteiger partial charge in [0, 0.05) is 54.2 Å². The number of thiophene rings is 1. The lowest BCUT2D eigenvalue weighted by molar-refractivity contribution is 0.590. The van der Waals surface area contributed by atoms with E-state index in [4.69, 9.17) is 0 Å². The standard InChI is InChI=1S/C69H68N2S2Si/c1-67(2,3)45-25-29-47(30-26-45)70(48-35-40-53(41-36-48)74(10,11)12)51-37-42-56-60(43-51)69(58-22-16-13-19-54(58)55-20-14-17-23-59(55)69)61-44-62(65-57-21-15-18-24-63(57)72-66(65)64(56)61)71(49-31-27-46(28-32-49)68(4,5)6)50-33-38-52(39-34-50)73(7,8)9/h13-44H,1-12H3. The molecule has 0 fully saturated rings. The summed E-state index contributed by atoms with van der Waals surface area (Å²) in [5.41, 5.74) is 19.6. The minimum absolute atomic E-state index is 0.0219. The van der Waals surface area contributed by atoms with Crippen LogP contribution in [0.1, 0.15) is 74.9 Å². The van der Waals surface area contributed by atoms with Gasteiger partial charge in [-0.05, 0) is 169 Å². The first kappa shape index (κ1) is 48.3. The van der Waals surface area contributed by atoms with Crippen LogP contribution in [0.2, 0.25) is 19.6 Å². The molecule has 12 rings (SSSR count). The number of hydrogen-bond acceptors (Lipinski definition) is 3. The van der Waals surface area contributed by atoms with Gasteiger partial charge in [0.05, 0.1) is 19.2 Å². The third-order valence-electron chi connectivity index (χ3n) is 15.9. The molecule has 1 aromatic heterocycles. The Hall–Kier alpha value is -6.63. The summed E-state index contributed by atoms with van der Waals surface area (Å²) in [7, 11) is -2.49. The van der Waals surface area contributed by atoms with Crippen LogP contribution in [0, 0.1) is 0 Å². The van der Waals surface area contributed by atoms with E-state index in [2.05, 4.69) is 284 Å². The lowest BCUT2D eigenvalue weighted by Crippen LogP contribution is -2.37. The van der Waals surface area contributed by atoms with Crippen LogP contribution in [-0.4, -0.2) is 26.8 Å². The summed E-state index contributed by atoms with van der Waals surface area (Å²) in [6.45, 7) is 21.1. The summed E-state index contributed by atoms with van der Waals surface area (Å²) < 4.78 is 2.62. The molecule has 1 spiro atoms. The zero-order valence-corrected chi connectivity index (χ0v) is 47.8. The molecule has 0 atom stereocenters. The average Bonchev–Trinajstić information content (AvgIpc) is 4.03. The van der Waals surface area contributed by atoms with Crippen molar-refractivity contribution in [3.63, 3.8) is 0 Å². The van der Waals surface area contributed by atoms with Crippen LogP contribution in [0.3, 0.4) is 0 Å². The van der Waals surface area contributed by atoms with Crippen LogP contribution >= 0.6 is 21.4 Å². The maximum atomic E-state index is 2.62. The molecule has 5 heteroatoms. The molecule has 0 unspecified atom stereocenters. The number of anilines is 6. The van der Waals surface area contributed by atoms with Crippen molar-refractivity contribution in [3.05, 3.63) is 228 Å². The molecule has 10 aromatic rings. The fourth-order valence-corrected chi connectivity index (χ4v) is 15.4. The summed E-state index contributed by atoms with van der Waals surface area (Å²) in [5.74, 6) is 0. The van der Waals surface area contributed by atoms with Crippen molar-refractivity contribution >= 4 is 88.9 Å². The first-order chi connectivity index (χ1) is 35.2. The third-order valence-corrected chi connectivity index (χ3v) is 20.9. The normalized spacial score (nSPS) is 14.0. The van der Waals surface area contributed by atoms with E-state index >= 15 is 0 Å². The quantitative estimate of drug-likeness (QED) is 0.140. The lowest BCUT2D eigenvalue weighted by Gasteiger charge is -2.34. The van der Waals surface area contributed by atoms with E-state index in [-0.39, 0.29) is 10.8 Å². The minimum atomic E-state index is -1.55. The zero-order chi connectivity index (χ0) is 51.7. The molecule has 2 aliphatic carbocycles. The molecule has 2 nitrogen and oxygen atoms in total. The monoisotopic (exact) mass is 1020 g/mol. The van der Waals surface area contributed by atoms with Gasteiger partial charge in [-0.15, -0.1) is 11.3 Å². The molecule has 0 radical (unpaired) electrons. The molecule has 0 saturated carbocycles. The van der Waals surface area contributed by atoms with Crippen molar-refractivity contribution in [1.29, 1.82) is 0 Å². The fraction of sp³-hybridized carbons (Fsp3) is 0.217. The van der Waals surface area contributed by atoms with Crippen LogP contribution in [0.5, 0.6) is 0 Å². The predicted octanol–water partition coefficient (Wildman–Crippen LogP) is 19.5. The van der Waals surface area contributed by atoms with Crippen molar-refractivity contribution in [3.8, 4) is 22.3 Å². The van der Waals surface area contributed by atoms with Gasteiger partial charge in [0.15, 0.2) is 0 Å². The minimum Gasteiger partial charge on any atom is -0.310 e. The first-order valence-electron chi connectivity index (χ1n) is 26.3. The van der Waals surface area contributed by atoms with Gasteiger partial charge in [-0.1, -0.05) is 176 Å². The summed E-state index contributed by atoms with van der Waals surface area (Å²) in [6.07, 6.45) is 7.16. The number of fused-ring (bicyclic) bond motifs is 14. The Labute approximate surface area is 446 Å². The van der Waals surface area contributed by atoms with Crippen molar-refractivity contribution in [2.24, 2.45) is 0 Å². The van der Waals surface area contributed by atoms with Crippen LogP contribution in [-0.2, 0) is 16.2 Å². The number of benzene rings is 9. The molecular formula is C69H68N2S2Si. The molecule has 370 valence electrons. The maximum absolute atomic E-state index is 2.62. The Morgan fingerprint density at radius 3 is 1.45 bits per heavy atom. The topological polar surface area (TPSA) is 6.48 Å². The van der Waals surface area contributed by atoms with Crippen molar-refractivity contribution < 1.29 is 0 Å². The van der Waals surface area contributed by atoms with E-state index in [0.29, 0.717) is 0 Å². The Morgan fingerprint density at radius 2 is 0.919 bits per heavy atom. The highest BCUT2D eigenvalue weighted by molar-refractivity contribution is 8.32. The molecule has 0 saturated heterocycles. The molecule has 0 amide bonds. The highest BCUT2D eigenvalue weighted by Crippen LogP contribution is 2.66. The predicted molar refractivity (Wildman–Crippen MR) is 329 cm³/mol. The third kappa shape index (κ3) is 7.71. The van der Waals surface area contributed by atoms with E-state index in [1.54, 1.807) is 0 Å². The second-order valence-corrected chi connectivity index (χ2v) is 34.9. The summed E-state index contributed by atoms with van der Waals surface area (Å²) >= 11 is 1.95. The molecule has 0 bridgehead atoms. The molecule has 9 aromatic carbocycles. The smallest absolute Gasteiger partial charge is 0.0775 e. The van der Waals surface area contributed by atoms with E-state index in [1.807, 2.05) is 11.3 Å². The average molecular weight is 1020 g/mol. The maximum Gasteiger partial charge on any atom is 0.0775 e. The SMILES string of the molecule is CC(C)(C)c1ccc(N(c2ccc([Si](C)(C)C)cc2)c2ccc3c(c2)C2(c4ccccc4-c4ccccc42)c2cc(N(c4ccc(C(C)(C)C)cc4)c4ccc(S(C)(C)C)cc4)c4c(sc5ccccc54)c2-3)cc1. The molecule has 0 N–H and O–H groups in total. The summed E-state index contributed by atoms with van der Waals surface area (Å²) in [4.78, 5) is 6.47. The van der Waals surface area contributed by atoms with Gasteiger partial charge >= 0.3 is 0 Å². The second kappa shape index (κ2) is 17.2. The van der Waals surface area contributed by atoms with Gasteiger partial charge in [0.1, 0.15) is 0 Å². The van der Waals surface area contributed by atoms with Crippen LogP contribution in [0.15, 0.2) is 199 Å². The van der Waals surface area contributed by atoms with Crippen molar-refractivity contribution in [2.75, 3.05) is 28.6 Å². The molecular weight excluding hydrogens is 949 g/mol. The number of nitrogens with zero attached hydrogens (tertiary/aromatic N) is 2. The largest absolute Gasteiger partial charge is 0.310 e. The van der Waals surface area contributed by atoms with Gasteiger partial charge in [0.25, 0.3) is 0 Å². The van der Waals surface area contributed by atoms with Crippen LogP contribution in [0.25, 0.3) is 42.4 Å². The molecule has 2 aliphatic rings. The van der Waals surface area contributed by atoms with E-state index in [0.717, 1.165) is 28.4 Å². The van der Waals surface area contributed by atoms with Gasteiger partial charge in [-0.2, -0.15) is 0 Å². The van der Waals surface area contributed by atoms with Crippen molar-refractivity contribution in [1.82, 2.24) is 0 Å². The number of hydrogen-bond donors (Lipinski definition) is 0.